The maximum Gasteiger partial charge on any atom is 0.220 e. The number of carbonyl (C=O) groups is 1. The third-order valence-corrected chi connectivity index (χ3v) is 4.13. The SMILES string of the molecule is C#CCCC1(CCC(=O)NCC2OCc3ccccc32)N=N1. The summed E-state index contributed by atoms with van der Waals surface area (Å²) in [5, 5.41) is 11.0. The first kappa shape index (κ1) is 14.7. The van der Waals surface area contributed by atoms with Crippen LogP contribution in [0.1, 0.15) is 42.9 Å². The first-order valence-corrected chi connectivity index (χ1v) is 7.56. The van der Waals surface area contributed by atoms with Crippen LogP contribution in [0.15, 0.2) is 34.5 Å². The van der Waals surface area contributed by atoms with Gasteiger partial charge in [0.2, 0.25) is 5.91 Å². The standard InChI is InChI=1S/C17H19N3O2/c1-2-3-9-17(19-20-17)10-8-16(21)18-11-15-14-7-5-4-6-13(14)12-22-15/h1,4-7,15H,3,8-12H2,(H,18,21). The van der Waals surface area contributed by atoms with Crippen molar-refractivity contribution in [1.82, 2.24) is 5.32 Å². The van der Waals surface area contributed by atoms with Crippen LogP contribution in [0.4, 0.5) is 0 Å². The number of hydrogen-bond donors (Lipinski definition) is 1. The molecule has 0 bridgehead atoms. The highest BCUT2D eigenvalue weighted by molar-refractivity contribution is 5.76. The van der Waals surface area contributed by atoms with Gasteiger partial charge in [0.25, 0.3) is 0 Å². The Kier molecular flexibility index (Phi) is 4.21. The minimum Gasteiger partial charge on any atom is -0.367 e. The van der Waals surface area contributed by atoms with Crippen molar-refractivity contribution in [3.8, 4) is 12.3 Å². The predicted molar refractivity (Wildman–Crippen MR) is 81.9 cm³/mol. The number of fused-ring (bicyclic) bond motifs is 1. The number of rotatable bonds is 7. The zero-order valence-corrected chi connectivity index (χ0v) is 12.4. The Balaban J connectivity index is 1.41. The largest absolute Gasteiger partial charge is 0.367 e. The molecule has 1 aromatic rings. The molecule has 1 aromatic carbocycles. The molecule has 2 heterocycles. The van der Waals surface area contributed by atoms with Gasteiger partial charge in [0.05, 0.1) is 6.61 Å². The zero-order chi connectivity index (χ0) is 15.4. The molecule has 0 spiro atoms. The summed E-state index contributed by atoms with van der Waals surface area (Å²) < 4.78 is 5.71. The number of nitrogens with one attached hydrogen (secondary N) is 1. The van der Waals surface area contributed by atoms with E-state index in [1.165, 1.54) is 11.1 Å². The van der Waals surface area contributed by atoms with Crippen LogP contribution in [0.25, 0.3) is 0 Å². The van der Waals surface area contributed by atoms with Crippen LogP contribution in [0, 0.1) is 12.3 Å². The van der Waals surface area contributed by atoms with Gasteiger partial charge in [-0.2, -0.15) is 10.2 Å². The fraction of sp³-hybridized carbons (Fsp3) is 0.471. The fourth-order valence-electron chi connectivity index (χ4n) is 2.71. The number of amides is 1. The van der Waals surface area contributed by atoms with Gasteiger partial charge in [-0.05, 0) is 11.1 Å². The van der Waals surface area contributed by atoms with Crippen LogP contribution in [-0.4, -0.2) is 18.1 Å². The van der Waals surface area contributed by atoms with Crippen LogP contribution in [0.5, 0.6) is 0 Å². The predicted octanol–water partition coefficient (Wildman–Crippen LogP) is 2.73. The van der Waals surface area contributed by atoms with Crippen molar-refractivity contribution in [2.24, 2.45) is 10.2 Å². The lowest BCUT2D eigenvalue weighted by Gasteiger charge is -2.13. The molecule has 0 saturated heterocycles. The molecule has 0 radical (unpaired) electrons. The molecule has 0 saturated carbocycles. The van der Waals surface area contributed by atoms with Crippen molar-refractivity contribution >= 4 is 5.91 Å². The van der Waals surface area contributed by atoms with Crippen molar-refractivity contribution in [2.75, 3.05) is 6.54 Å². The topological polar surface area (TPSA) is 63.0 Å². The van der Waals surface area contributed by atoms with Gasteiger partial charge in [0.15, 0.2) is 5.66 Å². The monoisotopic (exact) mass is 297 g/mol. The molecule has 5 heteroatoms. The molecule has 1 amide bonds. The smallest absolute Gasteiger partial charge is 0.220 e. The second-order valence-electron chi connectivity index (χ2n) is 5.69. The Hall–Kier alpha value is -2.19. The lowest BCUT2D eigenvalue weighted by atomic mass is 10.0. The molecule has 2 aliphatic heterocycles. The van der Waals surface area contributed by atoms with Gasteiger partial charge in [0.1, 0.15) is 6.10 Å². The first-order valence-electron chi connectivity index (χ1n) is 7.56. The van der Waals surface area contributed by atoms with Gasteiger partial charge in [-0.15, -0.1) is 12.3 Å². The van der Waals surface area contributed by atoms with E-state index in [0.29, 0.717) is 32.4 Å². The van der Waals surface area contributed by atoms with E-state index in [4.69, 9.17) is 11.2 Å². The summed E-state index contributed by atoms with van der Waals surface area (Å²) in [6, 6.07) is 8.10. The molecule has 1 unspecified atom stereocenters. The van der Waals surface area contributed by atoms with Gasteiger partial charge in [0, 0.05) is 32.2 Å². The molecule has 22 heavy (non-hydrogen) atoms. The number of benzene rings is 1. The Morgan fingerprint density at radius 2 is 2.23 bits per heavy atom. The van der Waals surface area contributed by atoms with Crippen LogP contribution < -0.4 is 5.32 Å². The number of terminal acetylenes is 1. The normalized spacial score (nSPS) is 20.2. The molecule has 0 fully saturated rings. The van der Waals surface area contributed by atoms with Gasteiger partial charge >= 0.3 is 0 Å². The maximum absolute atomic E-state index is 12.0. The third kappa shape index (κ3) is 3.34. The van der Waals surface area contributed by atoms with E-state index < -0.39 is 0 Å². The van der Waals surface area contributed by atoms with Crippen LogP contribution in [0.3, 0.4) is 0 Å². The van der Waals surface area contributed by atoms with Gasteiger partial charge in [-0.1, -0.05) is 24.3 Å². The average molecular weight is 297 g/mol. The molecule has 1 N–H and O–H groups in total. The maximum atomic E-state index is 12.0. The number of carbonyl (C=O) groups excluding carboxylic acids is 1. The van der Waals surface area contributed by atoms with E-state index in [2.05, 4.69) is 33.6 Å². The molecular weight excluding hydrogens is 278 g/mol. The summed E-state index contributed by atoms with van der Waals surface area (Å²) in [6.07, 6.45) is 7.61. The van der Waals surface area contributed by atoms with Crippen molar-refractivity contribution in [3.05, 3.63) is 35.4 Å². The van der Waals surface area contributed by atoms with E-state index in [0.717, 1.165) is 6.42 Å². The van der Waals surface area contributed by atoms with Gasteiger partial charge in [-0.25, -0.2) is 0 Å². The second-order valence-corrected chi connectivity index (χ2v) is 5.69. The average Bonchev–Trinajstić information content (AvgIpc) is 3.20. The van der Waals surface area contributed by atoms with E-state index in [1.54, 1.807) is 0 Å². The van der Waals surface area contributed by atoms with Crippen molar-refractivity contribution in [3.63, 3.8) is 0 Å². The Morgan fingerprint density at radius 3 is 3.00 bits per heavy atom. The molecular formula is C17H19N3O2. The molecule has 3 rings (SSSR count). The van der Waals surface area contributed by atoms with E-state index in [-0.39, 0.29) is 17.7 Å². The van der Waals surface area contributed by atoms with E-state index in [1.807, 2.05) is 12.1 Å². The van der Waals surface area contributed by atoms with Crippen LogP contribution in [-0.2, 0) is 16.1 Å². The summed E-state index contributed by atoms with van der Waals surface area (Å²) in [4.78, 5) is 12.0. The number of ether oxygens (including phenoxy) is 1. The third-order valence-electron chi connectivity index (χ3n) is 4.13. The summed E-state index contributed by atoms with van der Waals surface area (Å²) in [5.41, 5.74) is 1.98. The van der Waals surface area contributed by atoms with E-state index >= 15 is 0 Å². The highest BCUT2D eigenvalue weighted by atomic mass is 16.5. The molecule has 1 atom stereocenters. The first-order chi connectivity index (χ1) is 10.7. The van der Waals surface area contributed by atoms with Crippen molar-refractivity contribution in [2.45, 2.75) is 44.1 Å². The molecule has 2 aliphatic rings. The fourth-order valence-corrected chi connectivity index (χ4v) is 2.71. The minimum atomic E-state index is -0.389. The van der Waals surface area contributed by atoms with Crippen LogP contribution >= 0.6 is 0 Å². The quantitative estimate of drug-likeness (QED) is 0.787. The lowest BCUT2D eigenvalue weighted by molar-refractivity contribution is -0.122. The van der Waals surface area contributed by atoms with Crippen molar-refractivity contribution in [1.29, 1.82) is 0 Å². The molecule has 0 aromatic heterocycles. The van der Waals surface area contributed by atoms with Crippen LogP contribution in [0.2, 0.25) is 0 Å². The highest BCUT2D eigenvalue weighted by Gasteiger charge is 2.39. The molecule has 114 valence electrons. The Labute approximate surface area is 130 Å². The molecule has 5 nitrogen and oxygen atoms in total. The minimum absolute atomic E-state index is 0.00497. The second kappa shape index (κ2) is 6.29. The Bertz CT molecular complexity index is 627. The highest BCUT2D eigenvalue weighted by Crippen LogP contribution is 2.37. The summed E-state index contributed by atoms with van der Waals surface area (Å²) in [5.74, 6) is 2.59. The van der Waals surface area contributed by atoms with Crippen molar-refractivity contribution < 1.29 is 9.53 Å². The Morgan fingerprint density at radius 1 is 1.41 bits per heavy atom. The number of hydrogen-bond acceptors (Lipinski definition) is 4. The summed E-state index contributed by atoms with van der Waals surface area (Å²) in [6.45, 7) is 1.12. The van der Waals surface area contributed by atoms with Gasteiger partial charge in [-0.3, -0.25) is 4.79 Å². The summed E-state index contributed by atoms with van der Waals surface area (Å²) >= 11 is 0. The van der Waals surface area contributed by atoms with E-state index in [9.17, 15) is 4.79 Å². The summed E-state index contributed by atoms with van der Waals surface area (Å²) in [7, 11) is 0. The molecule has 0 aliphatic carbocycles. The number of nitrogens with zero attached hydrogens (tertiary/aromatic N) is 2. The van der Waals surface area contributed by atoms with Gasteiger partial charge < -0.3 is 10.1 Å². The zero-order valence-electron chi connectivity index (χ0n) is 12.4. The lowest BCUT2D eigenvalue weighted by Crippen LogP contribution is -2.29.